The van der Waals surface area contributed by atoms with Crippen LogP contribution in [0.25, 0.3) is 10.8 Å². The van der Waals surface area contributed by atoms with E-state index in [0.29, 0.717) is 5.82 Å². The first-order chi connectivity index (χ1) is 10.4. The summed E-state index contributed by atoms with van der Waals surface area (Å²) in [5, 5.41) is 6.50. The van der Waals surface area contributed by atoms with E-state index in [1.54, 1.807) is 19.5 Å². The van der Waals surface area contributed by atoms with E-state index in [0.717, 1.165) is 22.1 Å². The van der Waals surface area contributed by atoms with Crippen LogP contribution in [0.3, 0.4) is 0 Å². The summed E-state index contributed by atoms with van der Waals surface area (Å²) in [4.78, 5) is 4.16. The van der Waals surface area contributed by atoms with Gasteiger partial charge >= 0.3 is 0 Å². The van der Waals surface area contributed by atoms with Crippen LogP contribution in [0.15, 0.2) is 65.9 Å². The van der Waals surface area contributed by atoms with E-state index >= 15 is 0 Å². The molecule has 21 heavy (non-hydrogen) atoms. The van der Waals surface area contributed by atoms with E-state index in [4.69, 9.17) is 4.74 Å². The average Bonchev–Trinajstić information content (AvgIpc) is 2.56. The first kappa shape index (κ1) is 13.1. The molecule has 4 heteroatoms. The minimum Gasteiger partial charge on any atom is -0.496 e. The maximum absolute atomic E-state index is 5.42. The number of nitrogens with zero attached hydrogens (tertiary/aromatic N) is 2. The number of aromatic nitrogens is 1. The van der Waals surface area contributed by atoms with Crippen molar-refractivity contribution in [1.82, 2.24) is 4.98 Å². The second-order valence-corrected chi connectivity index (χ2v) is 4.49. The molecular weight excluding hydrogens is 262 g/mol. The highest BCUT2D eigenvalue weighted by Crippen LogP contribution is 2.26. The number of methoxy groups -OCH3 is 1. The lowest BCUT2D eigenvalue weighted by atomic mass is 10.0. The van der Waals surface area contributed by atoms with E-state index in [1.807, 2.05) is 42.5 Å². The number of hydrazone groups is 1. The maximum Gasteiger partial charge on any atom is 0.146 e. The molecule has 0 aliphatic carbocycles. The van der Waals surface area contributed by atoms with Crippen LogP contribution in [-0.4, -0.2) is 18.3 Å². The molecule has 2 aromatic carbocycles. The van der Waals surface area contributed by atoms with Crippen LogP contribution in [0.2, 0.25) is 0 Å². The number of pyridine rings is 1. The number of anilines is 1. The average molecular weight is 277 g/mol. The van der Waals surface area contributed by atoms with Gasteiger partial charge in [-0.15, -0.1) is 0 Å². The van der Waals surface area contributed by atoms with Crippen molar-refractivity contribution < 1.29 is 4.74 Å². The molecule has 0 aliphatic heterocycles. The minimum atomic E-state index is 0.702. The van der Waals surface area contributed by atoms with Gasteiger partial charge in [-0.05, 0) is 29.0 Å². The lowest BCUT2D eigenvalue weighted by Gasteiger charge is -2.08. The number of hydrogen-bond donors (Lipinski definition) is 1. The molecule has 0 aliphatic rings. The van der Waals surface area contributed by atoms with E-state index in [1.165, 1.54) is 0 Å². The normalized spacial score (nSPS) is 10.9. The Morgan fingerprint density at radius 3 is 2.71 bits per heavy atom. The number of hydrogen-bond acceptors (Lipinski definition) is 4. The van der Waals surface area contributed by atoms with Gasteiger partial charge in [0.05, 0.1) is 13.3 Å². The third-order valence-corrected chi connectivity index (χ3v) is 3.19. The van der Waals surface area contributed by atoms with Gasteiger partial charge in [0.2, 0.25) is 0 Å². The number of rotatable bonds is 4. The van der Waals surface area contributed by atoms with E-state index in [9.17, 15) is 0 Å². The summed E-state index contributed by atoms with van der Waals surface area (Å²) in [5.41, 5.74) is 3.86. The molecule has 4 nitrogen and oxygen atoms in total. The maximum atomic E-state index is 5.42. The van der Waals surface area contributed by atoms with Crippen LogP contribution in [0, 0.1) is 0 Å². The van der Waals surface area contributed by atoms with Gasteiger partial charge < -0.3 is 4.74 Å². The smallest absolute Gasteiger partial charge is 0.146 e. The summed E-state index contributed by atoms with van der Waals surface area (Å²) in [6, 6.07) is 17.8. The van der Waals surface area contributed by atoms with Crippen LogP contribution in [0.5, 0.6) is 5.75 Å². The molecule has 0 amide bonds. The second-order valence-electron chi connectivity index (χ2n) is 4.49. The molecule has 0 spiro atoms. The van der Waals surface area contributed by atoms with E-state index in [-0.39, 0.29) is 0 Å². The molecule has 104 valence electrons. The van der Waals surface area contributed by atoms with Crippen molar-refractivity contribution in [2.45, 2.75) is 0 Å². The van der Waals surface area contributed by atoms with Gasteiger partial charge in [0.25, 0.3) is 0 Å². The molecule has 3 aromatic rings. The molecule has 1 aromatic heterocycles. The highest BCUT2D eigenvalue weighted by atomic mass is 16.5. The Morgan fingerprint density at radius 2 is 1.90 bits per heavy atom. The zero-order chi connectivity index (χ0) is 14.5. The standard InChI is InChI=1S/C17H15N3O/c1-21-16-10-9-13-6-2-3-7-14(13)15(16)12-19-20-17-8-4-5-11-18-17/h2-12H,1H3,(H,18,20)/b19-12+. The first-order valence-electron chi connectivity index (χ1n) is 6.64. The van der Waals surface area contributed by atoms with Gasteiger partial charge in [0.15, 0.2) is 0 Å². The number of benzene rings is 2. The van der Waals surface area contributed by atoms with Crippen molar-refractivity contribution >= 4 is 22.8 Å². The topological polar surface area (TPSA) is 46.5 Å². The van der Waals surface area contributed by atoms with Crippen molar-refractivity contribution in [3.63, 3.8) is 0 Å². The number of ether oxygens (including phenoxy) is 1. The second kappa shape index (κ2) is 6.05. The zero-order valence-corrected chi connectivity index (χ0v) is 11.7. The third-order valence-electron chi connectivity index (χ3n) is 3.19. The zero-order valence-electron chi connectivity index (χ0n) is 11.7. The fourth-order valence-electron chi connectivity index (χ4n) is 2.18. The Morgan fingerprint density at radius 1 is 1.05 bits per heavy atom. The van der Waals surface area contributed by atoms with E-state index < -0.39 is 0 Å². The van der Waals surface area contributed by atoms with Gasteiger partial charge in [0, 0.05) is 11.8 Å². The summed E-state index contributed by atoms with van der Waals surface area (Å²) in [5.74, 6) is 1.49. The van der Waals surface area contributed by atoms with Crippen LogP contribution in [-0.2, 0) is 0 Å². The Bertz CT molecular complexity index is 769. The predicted octanol–water partition coefficient (Wildman–Crippen LogP) is 3.69. The number of fused-ring (bicyclic) bond motifs is 1. The largest absolute Gasteiger partial charge is 0.496 e. The molecule has 0 saturated heterocycles. The highest BCUT2D eigenvalue weighted by Gasteiger charge is 2.05. The molecule has 1 heterocycles. The van der Waals surface area contributed by atoms with Gasteiger partial charge in [0.1, 0.15) is 11.6 Å². The van der Waals surface area contributed by atoms with Gasteiger partial charge in [-0.25, -0.2) is 4.98 Å². The Kier molecular flexibility index (Phi) is 3.78. The SMILES string of the molecule is COc1ccc2ccccc2c1/C=N/Nc1ccccn1. The number of nitrogens with one attached hydrogen (secondary N) is 1. The lowest BCUT2D eigenvalue weighted by Crippen LogP contribution is -1.96. The van der Waals surface area contributed by atoms with Crippen LogP contribution >= 0.6 is 0 Å². The Balaban J connectivity index is 1.95. The van der Waals surface area contributed by atoms with Crippen LogP contribution in [0.4, 0.5) is 5.82 Å². The third kappa shape index (κ3) is 2.84. The van der Waals surface area contributed by atoms with Gasteiger partial charge in [-0.2, -0.15) is 5.10 Å². The van der Waals surface area contributed by atoms with Crippen molar-refractivity contribution in [2.24, 2.45) is 5.10 Å². The minimum absolute atomic E-state index is 0.702. The quantitative estimate of drug-likeness (QED) is 0.584. The van der Waals surface area contributed by atoms with Crippen molar-refractivity contribution in [3.8, 4) is 5.75 Å². The molecule has 0 radical (unpaired) electrons. The van der Waals surface area contributed by atoms with Crippen LogP contribution in [0.1, 0.15) is 5.56 Å². The summed E-state index contributed by atoms with van der Waals surface area (Å²) < 4.78 is 5.42. The Labute approximate surface area is 123 Å². The molecule has 0 bridgehead atoms. The lowest BCUT2D eigenvalue weighted by molar-refractivity contribution is 0.415. The summed E-state index contributed by atoms with van der Waals surface area (Å²) in [7, 11) is 1.66. The molecule has 3 rings (SSSR count). The van der Waals surface area contributed by atoms with Crippen LogP contribution < -0.4 is 10.2 Å². The van der Waals surface area contributed by atoms with Crippen molar-refractivity contribution in [2.75, 3.05) is 12.5 Å². The summed E-state index contributed by atoms with van der Waals surface area (Å²) in [6.07, 6.45) is 3.48. The molecule has 1 N–H and O–H groups in total. The van der Waals surface area contributed by atoms with Crippen molar-refractivity contribution in [3.05, 3.63) is 66.4 Å². The Hall–Kier alpha value is -2.88. The molecular formula is C17H15N3O. The fraction of sp³-hybridized carbons (Fsp3) is 0.0588. The molecule has 0 unspecified atom stereocenters. The summed E-state index contributed by atoms with van der Waals surface area (Å²) in [6.45, 7) is 0. The fourth-order valence-corrected chi connectivity index (χ4v) is 2.18. The van der Waals surface area contributed by atoms with Crippen molar-refractivity contribution in [1.29, 1.82) is 0 Å². The predicted molar refractivity (Wildman–Crippen MR) is 86.0 cm³/mol. The van der Waals surface area contributed by atoms with E-state index in [2.05, 4.69) is 27.6 Å². The monoisotopic (exact) mass is 277 g/mol. The highest BCUT2D eigenvalue weighted by molar-refractivity contribution is 6.02. The molecule has 0 saturated carbocycles. The summed E-state index contributed by atoms with van der Waals surface area (Å²) >= 11 is 0. The first-order valence-corrected chi connectivity index (χ1v) is 6.64. The molecule has 0 fully saturated rings. The molecule has 0 atom stereocenters. The van der Waals surface area contributed by atoms with Gasteiger partial charge in [-0.3, -0.25) is 5.43 Å². The van der Waals surface area contributed by atoms with Gasteiger partial charge in [-0.1, -0.05) is 36.4 Å².